The van der Waals surface area contributed by atoms with Gasteiger partial charge in [-0.2, -0.15) is 0 Å². The monoisotopic (exact) mass is 349 g/mol. The molecule has 1 aliphatic heterocycles. The molecule has 0 unspecified atom stereocenters. The Hall–Kier alpha value is -2.54. The van der Waals surface area contributed by atoms with Gasteiger partial charge in [0.25, 0.3) is 5.91 Å². The molecule has 1 amide bonds. The van der Waals surface area contributed by atoms with Gasteiger partial charge < -0.3 is 14.6 Å². The second kappa shape index (κ2) is 6.92. The van der Waals surface area contributed by atoms with Crippen LogP contribution in [-0.2, 0) is 0 Å². The predicted octanol–water partition coefficient (Wildman–Crippen LogP) is 4.08. The Morgan fingerprint density at radius 1 is 1.21 bits per heavy atom. The van der Waals surface area contributed by atoms with Gasteiger partial charge in [-0.1, -0.05) is 11.6 Å². The Balaban J connectivity index is 1.71. The molecule has 1 aromatic carbocycles. The Morgan fingerprint density at radius 3 is 2.58 bits per heavy atom. The maximum absolute atomic E-state index is 12.1. The Kier molecular flexibility index (Phi) is 4.71. The van der Waals surface area contributed by atoms with Gasteiger partial charge in [0.1, 0.15) is 4.92 Å². The van der Waals surface area contributed by atoms with Gasteiger partial charge >= 0.3 is 5.88 Å². The van der Waals surface area contributed by atoms with Gasteiger partial charge in [0, 0.05) is 18.8 Å². The lowest BCUT2D eigenvalue weighted by molar-refractivity contribution is -0.402. The van der Waals surface area contributed by atoms with Crippen LogP contribution in [0.2, 0.25) is 5.02 Å². The molecule has 0 aliphatic carbocycles. The van der Waals surface area contributed by atoms with Crippen LogP contribution in [0.5, 0.6) is 0 Å². The van der Waals surface area contributed by atoms with E-state index in [1.165, 1.54) is 12.5 Å². The van der Waals surface area contributed by atoms with Crippen molar-refractivity contribution in [3.63, 3.8) is 0 Å². The topological polar surface area (TPSA) is 88.6 Å². The molecule has 8 heteroatoms. The van der Waals surface area contributed by atoms with E-state index in [4.69, 9.17) is 16.0 Å². The average molecular weight is 350 g/mol. The van der Waals surface area contributed by atoms with E-state index in [2.05, 4.69) is 10.2 Å². The molecular formula is C16H16ClN3O4. The molecule has 0 bridgehead atoms. The lowest BCUT2D eigenvalue weighted by Crippen LogP contribution is -2.29. The summed E-state index contributed by atoms with van der Waals surface area (Å²) in [6.45, 7) is 1.95. The first kappa shape index (κ1) is 16.3. The Bertz CT molecular complexity index is 768. The maximum atomic E-state index is 12.1. The van der Waals surface area contributed by atoms with E-state index in [9.17, 15) is 14.9 Å². The van der Waals surface area contributed by atoms with E-state index in [1.54, 1.807) is 12.1 Å². The number of piperidine rings is 1. The second-order valence-electron chi connectivity index (χ2n) is 5.56. The summed E-state index contributed by atoms with van der Waals surface area (Å²) in [6.07, 6.45) is 3.52. The van der Waals surface area contributed by atoms with Crippen molar-refractivity contribution in [2.45, 2.75) is 19.3 Å². The number of hydrogen-bond donors (Lipinski definition) is 1. The minimum Gasteiger partial charge on any atom is -0.395 e. The van der Waals surface area contributed by atoms with Gasteiger partial charge in [0.05, 0.1) is 16.8 Å². The van der Waals surface area contributed by atoms with Crippen LogP contribution < -0.4 is 10.2 Å². The summed E-state index contributed by atoms with van der Waals surface area (Å²) >= 11 is 6.33. The number of nitro groups is 1. The normalized spacial score (nSPS) is 14.5. The van der Waals surface area contributed by atoms with Crippen molar-refractivity contribution >= 4 is 34.8 Å². The lowest BCUT2D eigenvalue weighted by Gasteiger charge is -2.29. The number of furan rings is 1. The van der Waals surface area contributed by atoms with Crippen molar-refractivity contribution in [3.8, 4) is 0 Å². The van der Waals surface area contributed by atoms with Crippen LogP contribution in [0.15, 0.2) is 34.7 Å². The van der Waals surface area contributed by atoms with Crippen LogP contribution in [0.3, 0.4) is 0 Å². The van der Waals surface area contributed by atoms with Crippen molar-refractivity contribution in [1.82, 2.24) is 0 Å². The van der Waals surface area contributed by atoms with Gasteiger partial charge in [-0.05, 0) is 43.5 Å². The molecule has 0 radical (unpaired) electrons. The van der Waals surface area contributed by atoms with Crippen molar-refractivity contribution in [3.05, 3.63) is 51.2 Å². The third-order valence-electron chi connectivity index (χ3n) is 3.90. The molecule has 0 spiro atoms. The molecule has 1 N–H and O–H groups in total. The van der Waals surface area contributed by atoms with Gasteiger partial charge in [-0.15, -0.1) is 0 Å². The highest BCUT2D eigenvalue weighted by Gasteiger charge is 2.18. The average Bonchev–Trinajstić information content (AvgIpc) is 3.06. The minimum atomic E-state index is -0.693. The highest BCUT2D eigenvalue weighted by Crippen LogP contribution is 2.31. The smallest absolute Gasteiger partial charge is 0.395 e. The first-order valence-corrected chi connectivity index (χ1v) is 8.02. The summed E-state index contributed by atoms with van der Waals surface area (Å²) in [4.78, 5) is 24.2. The number of halogens is 1. The largest absolute Gasteiger partial charge is 0.433 e. The fraction of sp³-hybridized carbons (Fsp3) is 0.312. The standard InChI is InChI=1S/C16H16ClN3O4/c17-12-10-11(4-5-13(12)19-8-2-1-3-9-19)18-16(21)14-6-7-15(24-14)20(22)23/h4-7,10H,1-3,8-9H2,(H,18,21). The first-order valence-electron chi connectivity index (χ1n) is 7.64. The van der Waals surface area contributed by atoms with E-state index >= 15 is 0 Å². The quantitative estimate of drug-likeness (QED) is 0.663. The predicted molar refractivity (Wildman–Crippen MR) is 90.8 cm³/mol. The number of carbonyl (C=O) groups excluding carboxylic acids is 1. The molecule has 2 heterocycles. The summed E-state index contributed by atoms with van der Waals surface area (Å²) in [5.41, 5.74) is 1.45. The zero-order valence-corrected chi connectivity index (χ0v) is 13.6. The molecule has 1 saturated heterocycles. The van der Waals surface area contributed by atoms with Crippen molar-refractivity contribution < 1.29 is 14.1 Å². The maximum Gasteiger partial charge on any atom is 0.433 e. The molecule has 1 fully saturated rings. The summed E-state index contributed by atoms with van der Waals surface area (Å²) in [7, 11) is 0. The van der Waals surface area contributed by atoms with Gasteiger partial charge in [-0.25, -0.2) is 0 Å². The van der Waals surface area contributed by atoms with Crippen LogP contribution in [0.1, 0.15) is 29.8 Å². The zero-order chi connectivity index (χ0) is 17.1. The molecule has 1 aromatic heterocycles. The summed E-state index contributed by atoms with van der Waals surface area (Å²) < 4.78 is 4.88. The van der Waals surface area contributed by atoms with E-state index in [1.807, 2.05) is 6.07 Å². The minimum absolute atomic E-state index is 0.127. The Morgan fingerprint density at radius 2 is 1.96 bits per heavy atom. The molecule has 7 nitrogen and oxygen atoms in total. The highest BCUT2D eigenvalue weighted by molar-refractivity contribution is 6.33. The summed E-state index contributed by atoms with van der Waals surface area (Å²) in [5.74, 6) is -1.17. The summed E-state index contributed by atoms with van der Waals surface area (Å²) in [5, 5.41) is 13.8. The molecule has 3 rings (SSSR count). The van der Waals surface area contributed by atoms with Crippen molar-refractivity contribution in [2.24, 2.45) is 0 Å². The number of amides is 1. The SMILES string of the molecule is O=C(Nc1ccc(N2CCCCC2)c(Cl)c1)c1ccc([N+](=O)[O-])o1. The molecule has 2 aromatic rings. The molecule has 0 atom stereocenters. The number of nitrogens with zero attached hydrogens (tertiary/aromatic N) is 2. The summed E-state index contributed by atoms with van der Waals surface area (Å²) in [6, 6.07) is 7.69. The second-order valence-corrected chi connectivity index (χ2v) is 5.97. The van der Waals surface area contributed by atoms with E-state index in [-0.39, 0.29) is 5.76 Å². The highest BCUT2D eigenvalue weighted by atomic mass is 35.5. The number of rotatable bonds is 4. The third kappa shape index (κ3) is 3.51. The number of benzene rings is 1. The third-order valence-corrected chi connectivity index (χ3v) is 4.20. The number of carbonyl (C=O) groups is 1. The van der Waals surface area contributed by atoms with Gasteiger partial charge in [-0.3, -0.25) is 14.9 Å². The zero-order valence-electron chi connectivity index (χ0n) is 12.8. The molecule has 24 heavy (non-hydrogen) atoms. The van der Waals surface area contributed by atoms with E-state index in [0.717, 1.165) is 37.7 Å². The lowest BCUT2D eigenvalue weighted by atomic mass is 10.1. The van der Waals surface area contributed by atoms with Crippen LogP contribution in [-0.4, -0.2) is 23.9 Å². The number of anilines is 2. The Labute approximate surface area is 143 Å². The van der Waals surface area contributed by atoms with Gasteiger partial charge in [0.15, 0.2) is 5.76 Å². The van der Waals surface area contributed by atoms with E-state index in [0.29, 0.717) is 10.7 Å². The van der Waals surface area contributed by atoms with Crippen LogP contribution in [0.4, 0.5) is 17.3 Å². The van der Waals surface area contributed by atoms with Gasteiger partial charge in [0.2, 0.25) is 0 Å². The number of hydrogen-bond acceptors (Lipinski definition) is 5. The van der Waals surface area contributed by atoms with Crippen LogP contribution in [0, 0.1) is 10.1 Å². The van der Waals surface area contributed by atoms with Crippen LogP contribution >= 0.6 is 11.6 Å². The molecule has 1 aliphatic rings. The van der Waals surface area contributed by atoms with E-state index < -0.39 is 16.7 Å². The fourth-order valence-electron chi connectivity index (χ4n) is 2.72. The van der Waals surface area contributed by atoms with Crippen molar-refractivity contribution in [2.75, 3.05) is 23.3 Å². The fourth-order valence-corrected chi connectivity index (χ4v) is 3.02. The molecule has 0 saturated carbocycles. The molecule has 126 valence electrons. The number of nitrogens with one attached hydrogen (secondary N) is 1. The van der Waals surface area contributed by atoms with Crippen molar-refractivity contribution in [1.29, 1.82) is 0 Å². The first-order chi connectivity index (χ1) is 11.5. The molecular weight excluding hydrogens is 334 g/mol. The van der Waals surface area contributed by atoms with Crippen LogP contribution in [0.25, 0.3) is 0 Å².